The van der Waals surface area contributed by atoms with Crippen molar-refractivity contribution in [1.82, 2.24) is 14.8 Å². The molecule has 4 heterocycles. The molecule has 216 valence electrons. The summed E-state index contributed by atoms with van der Waals surface area (Å²) in [6.07, 6.45) is 12.6. The number of aromatic nitrogens is 1. The first-order chi connectivity index (χ1) is 18.9. The number of aliphatic imine (C=N–C) groups is 2. The highest BCUT2D eigenvalue weighted by molar-refractivity contribution is 9.11. The van der Waals surface area contributed by atoms with E-state index in [0.717, 1.165) is 47.6 Å². The van der Waals surface area contributed by atoms with Crippen LogP contribution >= 0.6 is 27.3 Å². The van der Waals surface area contributed by atoms with Gasteiger partial charge in [0.1, 0.15) is 24.5 Å². The number of hydrogen-bond donors (Lipinski definition) is 0. The number of carbonyl (C=O) groups is 1. The molecular weight excluding hydrogens is 586 g/mol. The van der Waals surface area contributed by atoms with Gasteiger partial charge in [-0.1, -0.05) is 53.7 Å². The van der Waals surface area contributed by atoms with E-state index in [1.54, 1.807) is 31.0 Å². The maximum Gasteiger partial charge on any atom is 0.242 e. The molecule has 0 saturated carbocycles. The number of fused-ring (bicyclic) bond motifs is 1. The number of allylic oxidation sites excluding steroid dienone is 4. The third-order valence-electron chi connectivity index (χ3n) is 8.39. The van der Waals surface area contributed by atoms with E-state index in [-0.39, 0.29) is 34.9 Å². The van der Waals surface area contributed by atoms with Crippen LogP contribution in [0, 0.1) is 10.8 Å². The molecule has 3 aliphatic heterocycles. The first-order valence-corrected chi connectivity index (χ1v) is 15.9. The van der Waals surface area contributed by atoms with Gasteiger partial charge in [-0.2, -0.15) is 0 Å². The van der Waals surface area contributed by atoms with Crippen LogP contribution in [0.15, 0.2) is 48.9 Å². The molecule has 0 spiro atoms. The largest absolute Gasteiger partial charge is 0.496 e. The fourth-order valence-electron chi connectivity index (χ4n) is 6.08. The van der Waals surface area contributed by atoms with E-state index < -0.39 is 0 Å². The maximum absolute atomic E-state index is 13.1. The summed E-state index contributed by atoms with van der Waals surface area (Å²) in [4.78, 5) is 31.3. The molecule has 0 bridgehead atoms. The first-order valence-electron chi connectivity index (χ1n) is 14.3. The monoisotopic (exact) mass is 627 g/mol. The van der Waals surface area contributed by atoms with Gasteiger partial charge in [-0.15, -0.1) is 11.3 Å². The Balaban J connectivity index is 1.27. The lowest BCUT2D eigenvalue weighted by atomic mass is 9.71. The molecule has 0 N–H and O–H groups in total. The molecule has 1 aromatic heterocycles. The van der Waals surface area contributed by atoms with Gasteiger partial charge >= 0.3 is 0 Å². The van der Waals surface area contributed by atoms with Crippen LogP contribution in [0.2, 0.25) is 0 Å². The average molecular weight is 629 g/mol. The zero-order valence-corrected chi connectivity index (χ0v) is 27.2. The molecule has 1 amide bonds. The van der Waals surface area contributed by atoms with Crippen molar-refractivity contribution < 1.29 is 9.53 Å². The summed E-state index contributed by atoms with van der Waals surface area (Å²) in [5, 5.41) is 1.18. The minimum atomic E-state index is -0.0844. The summed E-state index contributed by atoms with van der Waals surface area (Å²) in [6.45, 7) is 15.4. The lowest BCUT2D eigenvalue weighted by Crippen LogP contribution is -2.46. The van der Waals surface area contributed by atoms with Crippen molar-refractivity contribution in [2.75, 3.05) is 26.7 Å². The van der Waals surface area contributed by atoms with E-state index in [1.165, 1.54) is 16.2 Å². The molecule has 1 fully saturated rings. The maximum atomic E-state index is 13.1. The number of thiazole rings is 1. The molecule has 1 saturated heterocycles. The van der Waals surface area contributed by atoms with E-state index in [2.05, 4.69) is 73.5 Å². The Morgan fingerprint density at radius 1 is 1.12 bits per heavy atom. The fraction of sp³-hybridized carbons (Fsp3) is 0.613. The summed E-state index contributed by atoms with van der Waals surface area (Å²) in [6, 6.07) is 0.0237. The van der Waals surface area contributed by atoms with Gasteiger partial charge in [0.05, 0.1) is 27.9 Å². The Hall–Kier alpha value is -2.26. The minimum Gasteiger partial charge on any atom is -0.496 e. The predicted molar refractivity (Wildman–Crippen MR) is 167 cm³/mol. The molecule has 1 aliphatic carbocycles. The predicted octanol–water partition coefficient (Wildman–Crippen LogP) is 6.70. The Kier molecular flexibility index (Phi) is 8.18. The number of rotatable bonds is 5. The number of likely N-dealkylation sites (tertiary alicyclic amines) is 1. The van der Waals surface area contributed by atoms with Crippen LogP contribution in [0.4, 0.5) is 0 Å². The van der Waals surface area contributed by atoms with E-state index in [4.69, 9.17) is 9.72 Å². The molecule has 1 aromatic rings. The zero-order chi connectivity index (χ0) is 28.8. The molecular formula is C31H42BrN5O2S. The van der Waals surface area contributed by atoms with Crippen LogP contribution in [-0.4, -0.2) is 72.2 Å². The SMILES string of the molecule is COC1=C(C(C)(C)C)CC(c2nc(C3CCN(C(=O)CN4C=NC5C=CC=NC54)CC3)sc2Br)C=C1C(C)(C)C. The summed E-state index contributed by atoms with van der Waals surface area (Å²) in [7, 11) is 1.80. The second kappa shape index (κ2) is 11.2. The van der Waals surface area contributed by atoms with E-state index >= 15 is 0 Å². The summed E-state index contributed by atoms with van der Waals surface area (Å²) in [5.41, 5.74) is 3.70. The molecule has 9 heteroatoms. The highest BCUT2D eigenvalue weighted by Gasteiger charge is 2.37. The van der Waals surface area contributed by atoms with Crippen LogP contribution in [0.3, 0.4) is 0 Å². The molecule has 0 aromatic carbocycles. The molecule has 40 heavy (non-hydrogen) atoms. The number of ether oxygens (including phenoxy) is 1. The molecule has 3 atom stereocenters. The van der Waals surface area contributed by atoms with Crippen molar-refractivity contribution in [2.45, 2.75) is 84.8 Å². The van der Waals surface area contributed by atoms with Gasteiger partial charge in [0.2, 0.25) is 5.91 Å². The van der Waals surface area contributed by atoms with Crippen LogP contribution in [0.25, 0.3) is 0 Å². The normalized spacial score (nSPS) is 25.5. The standard InChI is InChI=1S/C31H42BrN5O2S/c1-30(2,3)21-15-20(16-22(26(21)39-7)31(4,5)6)25-27(32)40-29(35-25)19-10-13-36(14-11-19)24(38)17-37-18-34-23-9-8-12-33-28(23)37/h8-9,12,15,18-20,23,28H,10-11,13-14,16-17H2,1-7H3. The molecule has 4 aliphatic rings. The number of carbonyl (C=O) groups excluding carboxylic acids is 1. The Morgan fingerprint density at radius 3 is 2.50 bits per heavy atom. The van der Waals surface area contributed by atoms with Gasteiger partial charge in [0.25, 0.3) is 0 Å². The summed E-state index contributed by atoms with van der Waals surface area (Å²) < 4.78 is 7.13. The van der Waals surface area contributed by atoms with Gasteiger partial charge in [-0.05, 0) is 63.2 Å². The number of methoxy groups -OCH3 is 1. The number of piperidine rings is 1. The highest BCUT2D eigenvalue weighted by atomic mass is 79.9. The van der Waals surface area contributed by atoms with Crippen molar-refractivity contribution in [3.05, 3.63) is 49.6 Å². The zero-order valence-electron chi connectivity index (χ0n) is 24.8. The lowest BCUT2D eigenvalue weighted by Gasteiger charge is -2.37. The van der Waals surface area contributed by atoms with Crippen LogP contribution < -0.4 is 0 Å². The topological polar surface area (TPSA) is 70.4 Å². The highest BCUT2D eigenvalue weighted by Crippen LogP contribution is 2.49. The second-order valence-electron chi connectivity index (χ2n) is 13.3. The molecule has 0 radical (unpaired) electrons. The van der Waals surface area contributed by atoms with Crippen molar-refractivity contribution >= 4 is 45.7 Å². The number of amides is 1. The Morgan fingerprint density at radius 2 is 1.85 bits per heavy atom. The quantitative estimate of drug-likeness (QED) is 0.364. The van der Waals surface area contributed by atoms with E-state index in [0.29, 0.717) is 12.5 Å². The van der Waals surface area contributed by atoms with E-state index in [9.17, 15) is 4.79 Å². The van der Waals surface area contributed by atoms with Crippen LogP contribution in [0.5, 0.6) is 0 Å². The number of nitrogens with zero attached hydrogens (tertiary/aromatic N) is 5. The molecule has 3 unspecified atom stereocenters. The van der Waals surface area contributed by atoms with Crippen molar-refractivity contribution in [2.24, 2.45) is 20.8 Å². The van der Waals surface area contributed by atoms with Gasteiger partial charge < -0.3 is 14.5 Å². The second-order valence-corrected chi connectivity index (χ2v) is 15.6. The van der Waals surface area contributed by atoms with Gasteiger partial charge in [-0.3, -0.25) is 14.8 Å². The summed E-state index contributed by atoms with van der Waals surface area (Å²) >= 11 is 5.65. The third-order valence-corrected chi connectivity index (χ3v) is 10.3. The summed E-state index contributed by atoms with van der Waals surface area (Å²) in [5.74, 6) is 1.76. The van der Waals surface area contributed by atoms with Crippen molar-refractivity contribution in [3.8, 4) is 0 Å². The van der Waals surface area contributed by atoms with Crippen molar-refractivity contribution in [3.63, 3.8) is 0 Å². The molecule has 7 nitrogen and oxygen atoms in total. The lowest BCUT2D eigenvalue weighted by molar-refractivity contribution is -0.132. The smallest absolute Gasteiger partial charge is 0.242 e. The fourth-order valence-corrected chi connectivity index (χ4v) is 8.00. The van der Waals surface area contributed by atoms with Crippen LogP contribution in [0.1, 0.15) is 83.3 Å². The van der Waals surface area contributed by atoms with E-state index in [1.807, 2.05) is 22.0 Å². The minimum absolute atomic E-state index is 0.000909. The molecule has 5 rings (SSSR count). The third kappa shape index (κ3) is 5.87. The van der Waals surface area contributed by atoms with Crippen molar-refractivity contribution in [1.29, 1.82) is 0 Å². The number of halogens is 1. The number of dihydropyridines is 1. The van der Waals surface area contributed by atoms with Crippen LogP contribution in [-0.2, 0) is 9.53 Å². The van der Waals surface area contributed by atoms with Gasteiger partial charge in [0, 0.05) is 31.1 Å². The number of hydrogen-bond acceptors (Lipinski definition) is 7. The average Bonchev–Trinajstić information content (AvgIpc) is 3.50. The van der Waals surface area contributed by atoms with Gasteiger partial charge in [0.15, 0.2) is 0 Å². The first kappa shape index (κ1) is 29.2. The Bertz CT molecular complexity index is 1290. The Labute approximate surface area is 251 Å². The van der Waals surface area contributed by atoms with Gasteiger partial charge in [-0.25, -0.2) is 4.98 Å².